The summed E-state index contributed by atoms with van der Waals surface area (Å²) in [6.45, 7) is 4.93. The summed E-state index contributed by atoms with van der Waals surface area (Å²) >= 11 is 6.26. The van der Waals surface area contributed by atoms with Crippen molar-refractivity contribution in [2.75, 3.05) is 13.2 Å². The molecule has 1 aromatic carbocycles. The van der Waals surface area contributed by atoms with Crippen molar-refractivity contribution in [3.05, 3.63) is 52.3 Å². The minimum Gasteiger partial charge on any atom is -0.369 e. The first kappa shape index (κ1) is 16.0. The summed E-state index contributed by atoms with van der Waals surface area (Å²) in [6, 6.07) is 9.55. The van der Waals surface area contributed by atoms with Gasteiger partial charge in [0.1, 0.15) is 6.10 Å². The van der Waals surface area contributed by atoms with Crippen LogP contribution in [0.5, 0.6) is 0 Å². The Morgan fingerprint density at radius 1 is 1.48 bits per heavy atom. The highest BCUT2D eigenvalue weighted by Gasteiger charge is 2.31. The predicted molar refractivity (Wildman–Crippen MR) is 88.3 cm³/mol. The fraction of sp³-hybridized carbons (Fsp3) is 0.412. The Bertz CT molecular complexity index is 701. The maximum Gasteiger partial charge on any atom is 0.229 e. The van der Waals surface area contributed by atoms with Crippen LogP contribution in [0.1, 0.15) is 30.0 Å². The van der Waals surface area contributed by atoms with Crippen molar-refractivity contribution in [1.29, 1.82) is 0 Å². The van der Waals surface area contributed by atoms with Crippen molar-refractivity contribution in [3.63, 3.8) is 0 Å². The topological polar surface area (TPSA) is 58.2 Å². The number of hydrogen-bond acceptors (Lipinski definition) is 3. The summed E-state index contributed by atoms with van der Waals surface area (Å²) in [6.07, 6.45) is 0.106. The molecule has 1 aromatic heterocycles. The number of halogens is 1. The number of morpholine rings is 1. The van der Waals surface area contributed by atoms with E-state index in [1.807, 2.05) is 49.1 Å². The third-order valence-electron chi connectivity index (χ3n) is 4.10. The van der Waals surface area contributed by atoms with Gasteiger partial charge in [0, 0.05) is 16.3 Å². The number of ether oxygens (including phenoxy) is 1. The van der Waals surface area contributed by atoms with E-state index in [-0.39, 0.29) is 18.1 Å². The molecule has 5 nitrogen and oxygen atoms in total. The smallest absolute Gasteiger partial charge is 0.229 e. The van der Waals surface area contributed by atoms with Gasteiger partial charge in [0.25, 0.3) is 0 Å². The standard InChI is InChI=1S/C17H20ClN3O2/c1-11-7-13(20-19-11)8-17(22)21-9-16(23-10-12(21)2)14-5-3-4-6-15(14)18/h3-7,12,16H,8-10H2,1-2H3,(H,19,20). The Morgan fingerprint density at radius 3 is 2.96 bits per heavy atom. The Morgan fingerprint density at radius 2 is 2.26 bits per heavy atom. The van der Waals surface area contributed by atoms with Gasteiger partial charge in [-0.25, -0.2) is 0 Å². The minimum atomic E-state index is -0.190. The zero-order valence-corrected chi connectivity index (χ0v) is 14.0. The largest absolute Gasteiger partial charge is 0.369 e. The van der Waals surface area contributed by atoms with Crippen LogP contribution in [0.4, 0.5) is 0 Å². The highest BCUT2D eigenvalue weighted by Crippen LogP contribution is 2.30. The molecular weight excluding hydrogens is 314 g/mol. The number of rotatable bonds is 3. The highest BCUT2D eigenvalue weighted by atomic mass is 35.5. The number of aryl methyl sites for hydroxylation is 1. The fourth-order valence-corrected chi connectivity index (χ4v) is 3.11. The number of carbonyl (C=O) groups is 1. The first-order valence-corrected chi connectivity index (χ1v) is 8.09. The molecule has 2 atom stereocenters. The molecule has 1 aliphatic rings. The molecule has 0 spiro atoms. The van der Waals surface area contributed by atoms with Gasteiger partial charge in [-0.3, -0.25) is 9.89 Å². The molecule has 2 heterocycles. The number of hydrogen-bond donors (Lipinski definition) is 1. The number of amides is 1. The van der Waals surface area contributed by atoms with E-state index in [0.29, 0.717) is 24.6 Å². The second-order valence-electron chi connectivity index (χ2n) is 5.96. The molecule has 1 aliphatic heterocycles. The summed E-state index contributed by atoms with van der Waals surface area (Å²) in [5.41, 5.74) is 2.65. The van der Waals surface area contributed by atoms with Gasteiger partial charge < -0.3 is 9.64 Å². The van der Waals surface area contributed by atoms with Crippen LogP contribution in [0.15, 0.2) is 30.3 Å². The minimum absolute atomic E-state index is 0.0428. The van der Waals surface area contributed by atoms with Gasteiger partial charge in [-0.1, -0.05) is 29.8 Å². The number of H-pyrrole nitrogens is 1. The maximum atomic E-state index is 12.6. The van der Waals surface area contributed by atoms with Gasteiger partial charge >= 0.3 is 0 Å². The number of aromatic amines is 1. The lowest BCUT2D eigenvalue weighted by Crippen LogP contribution is -2.48. The molecule has 3 rings (SSSR count). The van der Waals surface area contributed by atoms with Crippen molar-refractivity contribution < 1.29 is 9.53 Å². The van der Waals surface area contributed by atoms with Gasteiger partial charge in [-0.2, -0.15) is 5.10 Å². The van der Waals surface area contributed by atoms with E-state index >= 15 is 0 Å². The molecule has 1 fully saturated rings. The van der Waals surface area contributed by atoms with Gasteiger partial charge in [-0.15, -0.1) is 0 Å². The van der Waals surface area contributed by atoms with Crippen molar-refractivity contribution in [2.45, 2.75) is 32.4 Å². The summed E-state index contributed by atoms with van der Waals surface area (Å²) in [5, 5.41) is 7.68. The first-order valence-electron chi connectivity index (χ1n) is 7.71. The van der Waals surface area contributed by atoms with Crippen LogP contribution in [0.3, 0.4) is 0 Å². The second-order valence-corrected chi connectivity index (χ2v) is 6.36. The third kappa shape index (κ3) is 3.57. The third-order valence-corrected chi connectivity index (χ3v) is 4.44. The van der Waals surface area contributed by atoms with Crippen LogP contribution < -0.4 is 0 Å². The molecular formula is C17H20ClN3O2. The number of carbonyl (C=O) groups excluding carboxylic acids is 1. The SMILES string of the molecule is Cc1cc(CC(=O)N2CC(c3ccccc3Cl)OCC2C)n[nH]1. The molecule has 2 aromatic rings. The average Bonchev–Trinajstić information content (AvgIpc) is 2.93. The van der Waals surface area contributed by atoms with Gasteiger partial charge in [-0.05, 0) is 26.0 Å². The maximum absolute atomic E-state index is 12.6. The molecule has 1 N–H and O–H groups in total. The molecule has 6 heteroatoms. The monoisotopic (exact) mass is 333 g/mol. The van der Waals surface area contributed by atoms with E-state index in [0.717, 1.165) is 17.0 Å². The Kier molecular flexibility index (Phi) is 4.68. The molecule has 1 saturated heterocycles. The zero-order valence-electron chi connectivity index (χ0n) is 13.3. The Hall–Kier alpha value is -1.85. The summed E-state index contributed by atoms with van der Waals surface area (Å²) < 4.78 is 5.89. The second kappa shape index (κ2) is 6.72. The van der Waals surface area contributed by atoms with Gasteiger partial charge in [0.05, 0.1) is 31.3 Å². The first-order chi connectivity index (χ1) is 11.0. The van der Waals surface area contributed by atoms with Crippen LogP contribution in [-0.4, -0.2) is 40.2 Å². The molecule has 0 aliphatic carbocycles. The summed E-state index contributed by atoms with van der Waals surface area (Å²) in [7, 11) is 0. The number of aromatic nitrogens is 2. The molecule has 23 heavy (non-hydrogen) atoms. The summed E-state index contributed by atoms with van der Waals surface area (Å²) in [5.74, 6) is 0.0596. The lowest BCUT2D eigenvalue weighted by atomic mass is 10.1. The van der Waals surface area contributed by atoms with Crippen LogP contribution in [0.25, 0.3) is 0 Å². The van der Waals surface area contributed by atoms with Crippen molar-refractivity contribution in [3.8, 4) is 0 Å². The Labute approximate surface area is 140 Å². The lowest BCUT2D eigenvalue weighted by molar-refractivity contribution is -0.143. The normalized spacial score (nSPS) is 21.4. The quantitative estimate of drug-likeness (QED) is 0.939. The van der Waals surface area contributed by atoms with E-state index in [1.165, 1.54) is 0 Å². The summed E-state index contributed by atoms with van der Waals surface area (Å²) in [4.78, 5) is 14.5. The number of nitrogens with zero attached hydrogens (tertiary/aromatic N) is 2. The molecule has 2 unspecified atom stereocenters. The van der Waals surface area contributed by atoms with Crippen molar-refractivity contribution in [1.82, 2.24) is 15.1 Å². The predicted octanol–water partition coefficient (Wildman–Crippen LogP) is 2.90. The molecule has 0 saturated carbocycles. The molecule has 0 bridgehead atoms. The fourth-order valence-electron chi connectivity index (χ4n) is 2.85. The van der Waals surface area contributed by atoms with Gasteiger partial charge in [0.15, 0.2) is 0 Å². The van der Waals surface area contributed by atoms with Crippen molar-refractivity contribution >= 4 is 17.5 Å². The molecule has 122 valence electrons. The molecule has 0 radical (unpaired) electrons. The van der Waals surface area contributed by atoms with E-state index in [1.54, 1.807) is 0 Å². The number of benzene rings is 1. The lowest BCUT2D eigenvalue weighted by Gasteiger charge is -2.38. The molecule has 1 amide bonds. The van der Waals surface area contributed by atoms with Gasteiger partial charge in [0.2, 0.25) is 5.91 Å². The van der Waals surface area contributed by atoms with E-state index in [9.17, 15) is 4.79 Å². The van der Waals surface area contributed by atoms with Crippen molar-refractivity contribution in [2.24, 2.45) is 0 Å². The van der Waals surface area contributed by atoms with E-state index in [4.69, 9.17) is 16.3 Å². The zero-order chi connectivity index (χ0) is 16.4. The Balaban J connectivity index is 1.73. The van der Waals surface area contributed by atoms with E-state index < -0.39 is 0 Å². The van der Waals surface area contributed by atoms with Crippen LogP contribution in [0.2, 0.25) is 5.02 Å². The van der Waals surface area contributed by atoms with Crippen LogP contribution in [-0.2, 0) is 16.0 Å². The van der Waals surface area contributed by atoms with Crippen LogP contribution >= 0.6 is 11.6 Å². The van der Waals surface area contributed by atoms with E-state index in [2.05, 4.69) is 10.2 Å². The average molecular weight is 334 g/mol. The van der Waals surface area contributed by atoms with Crippen LogP contribution in [0, 0.1) is 6.92 Å². The highest BCUT2D eigenvalue weighted by molar-refractivity contribution is 6.31. The number of nitrogens with one attached hydrogen (secondary N) is 1.